The van der Waals surface area contributed by atoms with Crippen molar-refractivity contribution >= 4 is 34.6 Å². The molecule has 0 atom stereocenters. The standard InChI is InChI=1S/C19H30IN3O/c1-6-23(5)12-21-18-11-17(20)19(22-14(18)4)24-16-9-7-15(8-10-16)13(2)3/h11-13,15-16H,6-10H2,1-5H3. The minimum atomic E-state index is 0.306. The van der Waals surface area contributed by atoms with Crippen LogP contribution in [0.1, 0.15) is 52.1 Å². The summed E-state index contributed by atoms with van der Waals surface area (Å²) >= 11 is 2.30. The van der Waals surface area contributed by atoms with Gasteiger partial charge in [0.1, 0.15) is 6.10 Å². The van der Waals surface area contributed by atoms with Crippen LogP contribution in [0.25, 0.3) is 0 Å². The molecule has 0 saturated heterocycles. The van der Waals surface area contributed by atoms with Crippen LogP contribution in [0.2, 0.25) is 0 Å². The molecular weight excluding hydrogens is 413 g/mol. The summed E-state index contributed by atoms with van der Waals surface area (Å²) < 4.78 is 7.25. The number of aryl methyl sites for hydroxylation is 1. The lowest BCUT2D eigenvalue weighted by atomic mass is 9.80. The molecule has 1 aliphatic carbocycles. The number of aliphatic imine (C=N–C) groups is 1. The van der Waals surface area contributed by atoms with Crippen LogP contribution in [0.3, 0.4) is 0 Å². The van der Waals surface area contributed by atoms with Crippen molar-refractivity contribution in [1.29, 1.82) is 0 Å². The maximum Gasteiger partial charge on any atom is 0.227 e. The van der Waals surface area contributed by atoms with Gasteiger partial charge in [-0.1, -0.05) is 13.8 Å². The van der Waals surface area contributed by atoms with Crippen LogP contribution in [0.15, 0.2) is 11.1 Å². The van der Waals surface area contributed by atoms with E-state index >= 15 is 0 Å². The summed E-state index contributed by atoms with van der Waals surface area (Å²) in [5.41, 5.74) is 1.83. The third-order valence-corrected chi connectivity index (χ3v) is 5.71. The van der Waals surface area contributed by atoms with E-state index in [9.17, 15) is 0 Å². The van der Waals surface area contributed by atoms with Gasteiger partial charge in [0.2, 0.25) is 5.88 Å². The second-order valence-electron chi connectivity index (χ2n) is 7.10. The molecule has 2 rings (SSSR count). The smallest absolute Gasteiger partial charge is 0.227 e. The molecular formula is C19H30IN3O. The van der Waals surface area contributed by atoms with Crippen LogP contribution in [0.4, 0.5) is 5.69 Å². The van der Waals surface area contributed by atoms with E-state index in [2.05, 4.69) is 59.4 Å². The molecule has 4 nitrogen and oxygen atoms in total. The van der Waals surface area contributed by atoms with Crippen LogP contribution in [0, 0.1) is 22.3 Å². The molecule has 0 amide bonds. The van der Waals surface area contributed by atoms with Crippen molar-refractivity contribution in [2.75, 3.05) is 13.6 Å². The predicted octanol–water partition coefficient (Wildman–Crippen LogP) is 5.20. The van der Waals surface area contributed by atoms with E-state index in [0.717, 1.165) is 52.1 Å². The molecule has 1 aromatic heterocycles. The molecule has 1 fully saturated rings. The highest BCUT2D eigenvalue weighted by molar-refractivity contribution is 14.1. The molecule has 5 heteroatoms. The zero-order valence-corrected chi connectivity index (χ0v) is 17.7. The Bertz CT molecular complexity index is 566. The van der Waals surface area contributed by atoms with Crippen molar-refractivity contribution in [3.63, 3.8) is 0 Å². The van der Waals surface area contributed by atoms with E-state index < -0.39 is 0 Å². The highest BCUT2D eigenvalue weighted by Crippen LogP contribution is 2.33. The monoisotopic (exact) mass is 443 g/mol. The lowest BCUT2D eigenvalue weighted by Gasteiger charge is -2.31. The van der Waals surface area contributed by atoms with Crippen molar-refractivity contribution in [1.82, 2.24) is 9.88 Å². The molecule has 1 heterocycles. The number of pyridine rings is 1. The van der Waals surface area contributed by atoms with Gasteiger partial charge in [-0.2, -0.15) is 0 Å². The van der Waals surface area contributed by atoms with Gasteiger partial charge in [-0.15, -0.1) is 0 Å². The average molecular weight is 443 g/mol. The topological polar surface area (TPSA) is 37.7 Å². The maximum atomic E-state index is 6.22. The van der Waals surface area contributed by atoms with Crippen molar-refractivity contribution in [2.24, 2.45) is 16.8 Å². The first kappa shape index (κ1) is 19.5. The normalized spacial score (nSPS) is 21.5. The molecule has 1 saturated carbocycles. The molecule has 0 radical (unpaired) electrons. The lowest BCUT2D eigenvalue weighted by Crippen LogP contribution is -2.26. The number of hydrogen-bond donors (Lipinski definition) is 0. The third kappa shape index (κ3) is 5.33. The van der Waals surface area contributed by atoms with Gasteiger partial charge in [-0.05, 0) is 80.0 Å². The fourth-order valence-electron chi connectivity index (χ4n) is 3.04. The van der Waals surface area contributed by atoms with Crippen molar-refractivity contribution in [3.05, 3.63) is 15.3 Å². The third-order valence-electron chi connectivity index (χ3n) is 4.94. The van der Waals surface area contributed by atoms with Gasteiger partial charge in [0.15, 0.2) is 0 Å². The second-order valence-corrected chi connectivity index (χ2v) is 8.26. The van der Waals surface area contributed by atoms with E-state index in [-0.39, 0.29) is 0 Å². The Balaban J connectivity index is 2.02. The average Bonchev–Trinajstić information content (AvgIpc) is 2.56. The first-order valence-corrected chi connectivity index (χ1v) is 10.1. The Kier molecular flexibility index (Phi) is 7.32. The van der Waals surface area contributed by atoms with Crippen molar-refractivity contribution in [2.45, 2.75) is 59.5 Å². The van der Waals surface area contributed by atoms with Gasteiger partial charge in [0.25, 0.3) is 0 Å². The summed E-state index contributed by atoms with van der Waals surface area (Å²) in [4.78, 5) is 11.2. The second kappa shape index (κ2) is 9.02. The van der Waals surface area contributed by atoms with E-state index in [1.807, 2.05) is 25.2 Å². The van der Waals surface area contributed by atoms with Crippen molar-refractivity contribution in [3.8, 4) is 5.88 Å². The molecule has 24 heavy (non-hydrogen) atoms. The Morgan fingerprint density at radius 3 is 2.62 bits per heavy atom. The summed E-state index contributed by atoms with van der Waals surface area (Å²) in [6, 6.07) is 2.07. The number of halogens is 1. The maximum absolute atomic E-state index is 6.22. The molecule has 134 valence electrons. The quantitative estimate of drug-likeness (QED) is 0.345. The molecule has 1 aliphatic rings. The summed E-state index contributed by atoms with van der Waals surface area (Å²) in [6.07, 6.45) is 6.98. The molecule has 0 spiro atoms. The van der Waals surface area contributed by atoms with Crippen LogP contribution in [-0.2, 0) is 0 Å². The van der Waals surface area contributed by atoms with Gasteiger partial charge in [-0.3, -0.25) is 0 Å². The van der Waals surface area contributed by atoms with E-state index in [0.29, 0.717) is 6.10 Å². The van der Waals surface area contributed by atoms with Gasteiger partial charge in [0.05, 0.1) is 21.3 Å². The summed E-state index contributed by atoms with van der Waals surface area (Å²) in [7, 11) is 2.02. The Morgan fingerprint density at radius 2 is 2.04 bits per heavy atom. The molecule has 0 aliphatic heterocycles. The van der Waals surface area contributed by atoms with Crippen LogP contribution in [0.5, 0.6) is 5.88 Å². The zero-order chi connectivity index (χ0) is 17.7. The van der Waals surface area contributed by atoms with E-state index in [1.54, 1.807) is 0 Å². The summed E-state index contributed by atoms with van der Waals surface area (Å²) in [6.45, 7) is 9.69. The molecule has 0 aromatic carbocycles. The van der Waals surface area contributed by atoms with Crippen LogP contribution in [-0.4, -0.2) is 35.9 Å². The molecule has 1 aromatic rings. The highest BCUT2D eigenvalue weighted by atomic mass is 127. The minimum absolute atomic E-state index is 0.306. The first-order valence-electron chi connectivity index (χ1n) is 8.98. The molecule has 0 bridgehead atoms. The molecule has 0 unspecified atom stereocenters. The van der Waals surface area contributed by atoms with Crippen LogP contribution >= 0.6 is 22.6 Å². The Morgan fingerprint density at radius 1 is 1.38 bits per heavy atom. The summed E-state index contributed by atoms with van der Waals surface area (Å²) in [5.74, 6) is 2.40. The van der Waals surface area contributed by atoms with Crippen LogP contribution < -0.4 is 4.74 Å². The number of hydrogen-bond acceptors (Lipinski definition) is 3. The first-order chi connectivity index (χ1) is 11.4. The fraction of sp³-hybridized carbons (Fsp3) is 0.684. The number of ether oxygens (including phenoxy) is 1. The fourth-order valence-corrected chi connectivity index (χ4v) is 3.58. The van der Waals surface area contributed by atoms with E-state index in [4.69, 9.17) is 4.74 Å². The Labute approximate surface area is 160 Å². The number of nitrogens with zero attached hydrogens (tertiary/aromatic N) is 3. The van der Waals surface area contributed by atoms with Gasteiger partial charge in [0, 0.05) is 13.6 Å². The number of rotatable bonds is 6. The van der Waals surface area contributed by atoms with Crippen molar-refractivity contribution < 1.29 is 4.74 Å². The highest BCUT2D eigenvalue weighted by Gasteiger charge is 2.25. The molecule has 0 N–H and O–H groups in total. The Hall–Kier alpha value is -0.850. The van der Waals surface area contributed by atoms with Gasteiger partial charge >= 0.3 is 0 Å². The zero-order valence-electron chi connectivity index (χ0n) is 15.6. The predicted molar refractivity (Wildman–Crippen MR) is 109 cm³/mol. The van der Waals surface area contributed by atoms with E-state index in [1.165, 1.54) is 12.8 Å². The SMILES string of the molecule is CCN(C)C=Nc1cc(I)c(OC2CCC(C(C)C)CC2)nc1C. The minimum Gasteiger partial charge on any atom is -0.474 e. The summed E-state index contributed by atoms with van der Waals surface area (Å²) in [5, 5.41) is 0. The number of aromatic nitrogens is 1. The van der Waals surface area contributed by atoms with Gasteiger partial charge in [-0.25, -0.2) is 9.98 Å². The van der Waals surface area contributed by atoms with Gasteiger partial charge < -0.3 is 9.64 Å². The lowest BCUT2D eigenvalue weighted by molar-refractivity contribution is 0.111. The largest absolute Gasteiger partial charge is 0.474 e.